The van der Waals surface area contributed by atoms with Gasteiger partial charge in [-0.2, -0.15) is 13.2 Å². The van der Waals surface area contributed by atoms with Gasteiger partial charge in [-0.15, -0.1) is 11.5 Å². The fraction of sp³-hybridized carbons (Fsp3) is 0.500. The highest BCUT2D eigenvalue weighted by atomic mass is 28.3. The molecule has 1 atom stereocenters. The van der Waals surface area contributed by atoms with Gasteiger partial charge in [0.15, 0.2) is 5.60 Å². The number of furan rings is 1. The van der Waals surface area contributed by atoms with Crippen LogP contribution in [0.1, 0.15) is 12.0 Å². The van der Waals surface area contributed by atoms with Crippen molar-refractivity contribution in [1.82, 2.24) is 0 Å². The molecule has 0 aliphatic rings. The van der Waals surface area contributed by atoms with Gasteiger partial charge < -0.3 is 9.52 Å². The number of hydrogen-bond donors (Lipinski definition) is 1. The third-order valence-corrected chi connectivity index (χ3v) is 3.20. The maximum atomic E-state index is 12.9. The summed E-state index contributed by atoms with van der Waals surface area (Å²) in [7, 11) is -1.76. The zero-order valence-corrected chi connectivity index (χ0v) is 11.4. The summed E-state index contributed by atoms with van der Waals surface area (Å²) in [5.74, 6) is 2.46. The van der Waals surface area contributed by atoms with E-state index in [9.17, 15) is 18.3 Å². The molecular weight excluding hydrogens is 261 g/mol. The predicted octanol–water partition coefficient (Wildman–Crippen LogP) is 3.30. The Morgan fingerprint density at radius 2 is 1.94 bits per heavy atom. The molecule has 1 aromatic rings. The van der Waals surface area contributed by atoms with E-state index in [1.165, 1.54) is 0 Å². The largest absolute Gasteiger partial charge is 0.472 e. The lowest BCUT2D eigenvalue weighted by Crippen LogP contribution is -2.41. The molecule has 0 unspecified atom stereocenters. The lowest BCUT2D eigenvalue weighted by Gasteiger charge is -2.27. The lowest BCUT2D eigenvalue weighted by atomic mass is 9.92. The first-order valence-electron chi connectivity index (χ1n) is 5.38. The summed E-state index contributed by atoms with van der Waals surface area (Å²) in [5, 5.41) is 9.83. The molecule has 1 aromatic heterocycles. The molecule has 1 rings (SSSR count). The molecule has 1 heterocycles. The maximum absolute atomic E-state index is 12.9. The predicted molar refractivity (Wildman–Crippen MR) is 64.4 cm³/mol. The first kappa shape index (κ1) is 14.9. The van der Waals surface area contributed by atoms with Crippen molar-refractivity contribution in [2.24, 2.45) is 0 Å². The van der Waals surface area contributed by atoms with Crippen LogP contribution in [0.4, 0.5) is 13.2 Å². The van der Waals surface area contributed by atoms with Crippen LogP contribution in [0.15, 0.2) is 23.0 Å². The van der Waals surface area contributed by atoms with Crippen molar-refractivity contribution in [3.05, 3.63) is 24.2 Å². The van der Waals surface area contributed by atoms with Crippen LogP contribution < -0.4 is 0 Å². The van der Waals surface area contributed by atoms with Gasteiger partial charge in [0.05, 0.1) is 18.9 Å². The Labute approximate surface area is 105 Å². The molecule has 1 N–H and O–H groups in total. The van der Waals surface area contributed by atoms with Crippen LogP contribution in [0, 0.1) is 11.5 Å². The fourth-order valence-corrected chi connectivity index (χ4v) is 1.92. The van der Waals surface area contributed by atoms with Crippen LogP contribution in [0.3, 0.4) is 0 Å². The van der Waals surface area contributed by atoms with Crippen molar-refractivity contribution < 1.29 is 22.7 Å². The van der Waals surface area contributed by atoms with Crippen LogP contribution in [-0.4, -0.2) is 19.4 Å². The quantitative estimate of drug-likeness (QED) is 0.664. The van der Waals surface area contributed by atoms with E-state index in [1.54, 1.807) is 0 Å². The molecule has 18 heavy (non-hydrogen) atoms. The van der Waals surface area contributed by atoms with Crippen molar-refractivity contribution in [3.63, 3.8) is 0 Å². The van der Waals surface area contributed by atoms with Crippen molar-refractivity contribution >= 4 is 8.07 Å². The molecule has 0 amide bonds. The summed E-state index contributed by atoms with van der Waals surface area (Å²) in [6, 6.07) is 1.10. The van der Waals surface area contributed by atoms with Gasteiger partial charge in [-0.05, 0) is 6.07 Å². The maximum Gasteiger partial charge on any atom is 0.422 e. The molecule has 100 valence electrons. The fourth-order valence-electron chi connectivity index (χ4n) is 1.30. The molecule has 0 fully saturated rings. The molecule has 2 nitrogen and oxygen atoms in total. The molecule has 0 saturated heterocycles. The third kappa shape index (κ3) is 3.40. The SMILES string of the molecule is C[Si](C)(C)C#CC[C@@](O)(c1ccoc1)C(F)(F)F. The minimum atomic E-state index is -4.79. The van der Waals surface area contributed by atoms with E-state index in [4.69, 9.17) is 0 Å². The standard InChI is InChI=1S/C12H15F3O2Si/c1-18(2,3)8-4-6-11(16,12(13,14)15)10-5-7-17-9-10/h5,7,9,16H,6H2,1-3H3/t11-/m1/s1. The Balaban J connectivity index is 3.05. The molecule has 0 radical (unpaired) electrons. The number of halogens is 3. The minimum absolute atomic E-state index is 0.320. The topological polar surface area (TPSA) is 33.4 Å². The van der Waals surface area contributed by atoms with Gasteiger partial charge in [-0.1, -0.05) is 19.6 Å². The number of aliphatic hydroxyl groups is 1. The van der Waals surface area contributed by atoms with Crippen LogP contribution >= 0.6 is 0 Å². The van der Waals surface area contributed by atoms with Crippen molar-refractivity contribution in [2.45, 2.75) is 37.8 Å². The Kier molecular flexibility index (Phi) is 3.98. The van der Waals surface area contributed by atoms with Crippen LogP contribution in [0.25, 0.3) is 0 Å². The first-order valence-corrected chi connectivity index (χ1v) is 8.88. The average molecular weight is 276 g/mol. The normalized spacial score (nSPS) is 15.7. The van der Waals surface area contributed by atoms with Crippen molar-refractivity contribution in [1.29, 1.82) is 0 Å². The van der Waals surface area contributed by atoms with Gasteiger partial charge >= 0.3 is 6.18 Å². The van der Waals surface area contributed by atoms with Crippen molar-refractivity contribution in [2.75, 3.05) is 0 Å². The van der Waals surface area contributed by atoms with E-state index in [0.29, 0.717) is 0 Å². The summed E-state index contributed by atoms with van der Waals surface area (Å²) in [6.45, 7) is 5.76. The third-order valence-electron chi connectivity index (χ3n) is 2.28. The van der Waals surface area contributed by atoms with Gasteiger partial charge in [-0.3, -0.25) is 0 Å². The highest BCUT2D eigenvalue weighted by Gasteiger charge is 2.55. The smallest absolute Gasteiger partial charge is 0.422 e. The summed E-state index contributed by atoms with van der Waals surface area (Å²) in [4.78, 5) is 0. The van der Waals surface area contributed by atoms with Gasteiger partial charge in [0.2, 0.25) is 0 Å². The van der Waals surface area contributed by atoms with E-state index in [2.05, 4.69) is 15.9 Å². The number of rotatable bonds is 2. The molecule has 6 heteroatoms. The van der Waals surface area contributed by atoms with Gasteiger partial charge in [0, 0.05) is 5.56 Å². The monoisotopic (exact) mass is 276 g/mol. The second kappa shape index (κ2) is 4.82. The molecule has 0 aliphatic carbocycles. The van der Waals surface area contributed by atoms with Crippen molar-refractivity contribution in [3.8, 4) is 11.5 Å². The summed E-state index contributed by atoms with van der Waals surface area (Å²) >= 11 is 0. The summed E-state index contributed by atoms with van der Waals surface area (Å²) in [6.07, 6.45) is -3.48. The Morgan fingerprint density at radius 3 is 2.33 bits per heavy atom. The Bertz CT molecular complexity index is 448. The molecular formula is C12H15F3O2Si. The molecule has 0 aliphatic heterocycles. The summed E-state index contributed by atoms with van der Waals surface area (Å²) in [5.41, 5.74) is -0.475. The van der Waals surface area contributed by atoms with E-state index >= 15 is 0 Å². The van der Waals surface area contributed by atoms with Crippen LogP contribution in [0.5, 0.6) is 0 Å². The van der Waals surface area contributed by atoms with E-state index in [0.717, 1.165) is 18.6 Å². The zero-order chi connectivity index (χ0) is 14.0. The Morgan fingerprint density at radius 1 is 1.33 bits per heavy atom. The second-order valence-corrected chi connectivity index (χ2v) is 9.85. The summed E-state index contributed by atoms with van der Waals surface area (Å²) < 4.78 is 43.4. The molecule has 0 aromatic carbocycles. The van der Waals surface area contributed by atoms with Crippen LogP contribution in [0.2, 0.25) is 19.6 Å². The number of hydrogen-bond acceptors (Lipinski definition) is 2. The van der Waals surface area contributed by atoms with Gasteiger partial charge in [0.25, 0.3) is 0 Å². The first-order chi connectivity index (χ1) is 8.06. The van der Waals surface area contributed by atoms with Gasteiger partial charge in [-0.25, -0.2) is 0 Å². The number of alkyl halides is 3. The molecule has 0 spiro atoms. The molecule has 0 saturated carbocycles. The minimum Gasteiger partial charge on any atom is -0.472 e. The Hall–Kier alpha value is -1.19. The molecule has 0 bridgehead atoms. The second-order valence-electron chi connectivity index (χ2n) is 5.10. The van der Waals surface area contributed by atoms with Crippen LogP contribution in [-0.2, 0) is 5.60 Å². The van der Waals surface area contributed by atoms with Gasteiger partial charge in [0.1, 0.15) is 8.07 Å². The van der Waals surface area contributed by atoms with E-state index in [1.807, 2.05) is 19.6 Å². The lowest BCUT2D eigenvalue weighted by molar-refractivity contribution is -0.264. The average Bonchev–Trinajstić information content (AvgIpc) is 2.66. The van der Waals surface area contributed by atoms with E-state index in [-0.39, 0.29) is 5.56 Å². The highest BCUT2D eigenvalue weighted by Crippen LogP contribution is 2.41. The van der Waals surface area contributed by atoms with E-state index < -0.39 is 26.3 Å². The highest BCUT2D eigenvalue weighted by molar-refractivity contribution is 6.83. The zero-order valence-electron chi connectivity index (χ0n) is 10.4.